The number of carbonyl (C=O) groups excluding carboxylic acids is 3. The van der Waals surface area contributed by atoms with Crippen molar-refractivity contribution in [3.63, 3.8) is 0 Å². The highest BCUT2D eigenvalue weighted by Gasteiger charge is 2.34. The Morgan fingerprint density at radius 2 is 1.86 bits per heavy atom. The Bertz CT molecular complexity index is 1020. The monoisotopic (exact) mass is 474 g/mol. The SMILES string of the molecule is CCCC(CC1CC(=O)c2c(C)ccc(C3=CCC=CC=CCC3)c2C1)C(CC)C(=O)CC(C)=O. The highest BCUT2D eigenvalue weighted by Crippen LogP contribution is 2.39. The minimum Gasteiger partial charge on any atom is -0.300 e. The number of rotatable bonds is 10. The van der Waals surface area contributed by atoms with Gasteiger partial charge in [-0.1, -0.05) is 69.2 Å². The molecule has 1 aromatic carbocycles. The molecule has 2 aliphatic rings. The van der Waals surface area contributed by atoms with E-state index in [1.807, 2.05) is 0 Å². The number of fused-ring (bicyclic) bond motifs is 1. The number of carbonyl (C=O) groups is 3. The second-order valence-corrected chi connectivity index (χ2v) is 10.5. The fraction of sp³-hybridized carbons (Fsp3) is 0.531. The predicted octanol–water partition coefficient (Wildman–Crippen LogP) is 7.80. The normalized spacial score (nSPS) is 19.7. The summed E-state index contributed by atoms with van der Waals surface area (Å²) in [4.78, 5) is 38.0. The molecule has 3 rings (SSSR count). The summed E-state index contributed by atoms with van der Waals surface area (Å²) in [6.07, 6.45) is 18.9. The van der Waals surface area contributed by atoms with Gasteiger partial charge in [0.2, 0.25) is 0 Å². The second-order valence-electron chi connectivity index (χ2n) is 10.5. The lowest BCUT2D eigenvalue weighted by molar-refractivity contribution is -0.129. The number of hydrogen-bond donors (Lipinski definition) is 0. The Morgan fingerprint density at radius 3 is 2.57 bits per heavy atom. The van der Waals surface area contributed by atoms with Gasteiger partial charge in [0.15, 0.2) is 5.78 Å². The minimum atomic E-state index is -0.0945. The Kier molecular flexibility index (Phi) is 10.0. The fourth-order valence-corrected chi connectivity index (χ4v) is 6.17. The Morgan fingerprint density at radius 1 is 1.09 bits per heavy atom. The van der Waals surface area contributed by atoms with Gasteiger partial charge in [0.25, 0.3) is 0 Å². The van der Waals surface area contributed by atoms with Gasteiger partial charge >= 0.3 is 0 Å². The summed E-state index contributed by atoms with van der Waals surface area (Å²) in [5, 5.41) is 0. The molecule has 0 amide bonds. The van der Waals surface area contributed by atoms with Crippen molar-refractivity contribution in [1.82, 2.24) is 0 Å². The van der Waals surface area contributed by atoms with Crippen LogP contribution in [0, 0.1) is 24.7 Å². The number of hydrogen-bond acceptors (Lipinski definition) is 3. The summed E-state index contributed by atoms with van der Waals surface area (Å²) in [6.45, 7) is 7.76. The van der Waals surface area contributed by atoms with Crippen molar-refractivity contribution in [2.75, 3.05) is 0 Å². The summed E-state index contributed by atoms with van der Waals surface area (Å²) in [5.74, 6) is 0.639. The molecule has 35 heavy (non-hydrogen) atoms. The molecule has 3 unspecified atom stereocenters. The van der Waals surface area contributed by atoms with E-state index in [0.717, 1.165) is 62.5 Å². The molecule has 0 heterocycles. The molecule has 0 aromatic heterocycles. The first-order valence-electron chi connectivity index (χ1n) is 13.5. The van der Waals surface area contributed by atoms with Crippen molar-refractivity contribution in [3.05, 3.63) is 64.8 Å². The van der Waals surface area contributed by atoms with E-state index < -0.39 is 0 Å². The molecule has 1 aromatic rings. The summed E-state index contributed by atoms with van der Waals surface area (Å²) >= 11 is 0. The van der Waals surface area contributed by atoms with E-state index in [1.165, 1.54) is 23.6 Å². The van der Waals surface area contributed by atoms with Gasteiger partial charge in [-0.05, 0) is 86.5 Å². The minimum absolute atomic E-state index is 0.0333. The molecule has 0 aliphatic heterocycles. The molecular weight excluding hydrogens is 432 g/mol. The molecule has 0 bridgehead atoms. The van der Waals surface area contributed by atoms with Crippen LogP contribution in [0.1, 0.15) is 106 Å². The Balaban J connectivity index is 1.91. The van der Waals surface area contributed by atoms with Crippen molar-refractivity contribution in [1.29, 1.82) is 0 Å². The number of ketones is 3. The number of aryl methyl sites for hydroxylation is 1. The summed E-state index contributed by atoms with van der Waals surface area (Å²) in [7, 11) is 0. The fourth-order valence-electron chi connectivity index (χ4n) is 6.17. The molecular formula is C32H42O3. The highest BCUT2D eigenvalue weighted by molar-refractivity contribution is 6.01. The largest absolute Gasteiger partial charge is 0.300 e. The summed E-state index contributed by atoms with van der Waals surface area (Å²) < 4.78 is 0. The molecule has 0 N–H and O–H groups in total. The van der Waals surface area contributed by atoms with Crippen molar-refractivity contribution >= 4 is 22.9 Å². The molecule has 0 spiro atoms. The van der Waals surface area contributed by atoms with Crippen LogP contribution in [-0.4, -0.2) is 17.3 Å². The molecule has 2 aliphatic carbocycles. The topological polar surface area (TPSA) is 51.2 Å². The molecule has 3 heteroatoms. The van der Waals surface area contributed by atoms with Crippen LogP contribution in [0.15, 0.2) is 42.5 Å². The van der Waals surface area contributed by atoms with Gasteiger partial charge in [-0.2, -0.15) is 0 Å². The van der Waals surface area contributed by atoms with Gasteiger partial charge in [-0.15, -0.1) is 0 Å². The summed E-state index contributed by atoms with van der Waals surface area (Å²) in [5.41, 5.74) is 5.78. The molecule has 0 fully saturated rings. The lowest BCUT2D eigenvalue weighted by atomic mass is 9.71. The first-order valence-corrected chi connectivity index (χ1v) is 13.5. The summed E-state index contributed by atoms with van der Waals surface area (Å²) in [6, 6.07) is 4.33. The van der Waals surface area contributed by atoms with Crippen molar-refractivity contribution < 1.29 is 14.4 Å². The number of Topliss-reactive ketones (excluding diaryl/α,β-unsaturated/α-hetero) is 3. The van der Waals surface area contributed by atoms with E-state index in [4.69, 9.17) is 0 Å². The van der Waals surface area contributed by atoms with Gasteiger partial charge in [0, 0.05) is 17.9 Å². The van der Waals surface area contributed by atoms with E-state index in [0.29, 0.717) is 6.42 Å². The Hall–Kier alpha value is -2.55. The van der Waals surface area contributed by atoms with Crippen molar-refractivity contribution in [3.8, 4) is 0 Å². The molecule has 3 atom stereocenters. The molecule has 3 nitrogen and oxygen atoms in total. The maximum atomic E-state index is 13.4. The predicted molar refractivity (Wildman–Crippen MR) is 145 cm³/mol. The van der Waals surface area contributed by atoms with Crippen LogP contribution in [0.4, 0.5) is 0 Å². The first-order chi connectivity index (χ1) is 16.8. The van der Waals surface area contributed by atoms with Gasteiger partial charge in [-0.3, -0.25) is 14.4 Å². The molecule has 0 radical (unpaired) electrons. The average molecular weight is 475 g/mol. The third-order valence-corrected chi connectivity index (χ3v) is 7.72. The zero-order valence-corrected chi connectivity index (χ0v) is 22.1. The van der Waals surface area contributed by atoms with E-state index in [-0.39, 0.29) is 41.5 Å². The zero-order chi connectivity index (χ0) is 25.4. The smallest absolute Gasteiger partial charge is 0.163 e. The molecule has 0 saturated carbocycles. The Labute approximate surface area is 211 Å². The molecule has 188 valence electrons. The van der Waals surface area contributed by atoms with E-state index in [2.05, 4.69) is 63.3 Å². The van der Waals surface area contributed by atoms with Gasteiger partial charge in [0.05, 0.1) is 6.42 Å². The number of benzene rings is 1. The van der Waals surface area contributed by atoms with E-state index >= 15 is 0 Å². The van der Waals surface area contributed by atoms with Crippen LogP contribution in [0.25, 0.3) is 5.57 Å². The first kappa shape index (κ1) is 27.0. The van der Waals surface area contributed by atoms with Crippen LogP contribution in [-0.2, 0) is 16.0 Å². The third-order valence-electron chi connectivity index (χ3n) is 7.72. The van der Waals surface area contributed by atoms with E-state index in [9.17, 15) is 14.4 Å². The van der Waals surface area contributed by atoms with Gasteiger partial charge < -0.3 is 0 Å². The quantitative estimate of drug-likeness (QED) is 0.325. The maximum Gasteiger partial charge on any atom is 0.163 e. The van der Waals surface area contributed by atoms with Crippen LogP contribution in [0.3, 0.4) is 0 Å². The average Bonchev–Trinajstić information content (AvgIpc) is 2.93. The lowest BCUT2D eigenvalue weighted by Gasteiger charge is -2.33. The highest BCUT2D eigenvalue weighted by atomic mass is 16.1. The standard InChI is InChI=1S/C32H42O3/c1-5-13-26(27(6-2)30(34)18-23(4)33)19-24-20-29-28(17-16-22(3)32(29)31(35)21-24)25-14-11-9-7-8-10-12-15-25/h7-10,14,16-17,24,26-27H,5-6,11-13,15,18-21H2,1-4H3. The van der Waals surface area contributed by atoms with Crippen LogP contribution >= 0.6 is 0 Å². The van der Waals surface area contributed by atoms with Crippen LogP contribution in [0.2, 0.25) is 0 Å². The zero-order valence-electron chi connectivity index (χ0n) is 22.1. The van der Waals surface area contributed by atoms with Crippen LogP contribution < -0.4 is 0 Å². The van der Waals surface area contributed by atoms with Crippen molar-refractivity contribution in [2.45, 2.75) is 91.9 Å². The van der Waals surface area contributed by atoms with Gasteiger partial charge in [-0.25, -0.2) is 0 Å². The van der Waals surface area contributed by atoms with Crippen molar-refractivity contribution in [2.24, 2.45) is 17.8 Å². The van der Waals surface area contributed by atoms with Crippen LogP contribution in [0.5, 0.6) is 0 Å². The maximum absolute atomic E-state index is 13.4. The third kappa shape index (κ3) is 6.99. The second kappa shape index (κ2) is 13.0. The lowest BCUT2D eigenvalue weighted by Crippen LogP contribution is -2.30. The number of allylic oxidation sites excluding steroid dienone is 6. The van der Waals surface area contributed by atoms with E-state index in [1.54, 1.807) is 0 Å². The van der Waals surface area contributed by atoms with Gasteiger partial charge in [0.1, 0.15) is 11.6 Å². The molecule has 0 saturated heterocycles.